The fourth-order valence-electron chi connectivity index (χ4n) is 2.80. The molecule has 3 rings (SSSR count). The minimum absolute atomic E-state index is 0.209. The number of hydrogen-bond acceptors (Lipinski definition) is 6. The highest BCUT2D eigenvalue weighted by Crippen LogP contribution is 2.35. The molecule has 6 N–H and O–H groups in total. The first-order valence-corrected chi connectivity index (χ1v) is 8.57. The summed E-state index contributed by atoms with van der Waals surface area (Å²) in [4.78, 5) is 20.5. The van der Waals surface area contributed by atoms with Crippen LogP contribution in [0.5, 0.6) is 0 Å². The summed E-state index contributed by atoms with van der Waals surface area (Å²) < 4.78 is 0. The molecule has 0 unspecified atom stereocenters. The van der Waals surface area contributed by atoms with Crippen LogP contribution < -0.4 is 22.1 Å². The van der Waals surface area contributed by atoms with Crippen LogP contribution in [0.3, 0.4) is 0 Å². The molecule has 1 aliphatic carbocycles. The minimum atomic E-state index is -0.209. The number of nitrogens with one attached hydrogen (secondary N) is 2. The van der Waals surface area contributed by atoms with Gasteiger partial charge in [0.15, 0.2) is 0 Å². The second-order valence-electron chi connectivity index (χ2n) is 6.13. The number of carbonyl (C=O) groups excluding carboxylic acids is 1. The van der Waals surface area contributed by atoms with Gasteiger partial charge in [0.05, 0.1) is 16.3 Å². The molecule has 1 aromatic carbocycles. The number of amides is 1. The lowest BCUT2D eigenvalue weighted by molar-refractivity contribution is 0.0955. The SMILES string of the molecule is Nc1nc(NCCNC(=O)c2ccccc2Cl)cc(C2CC(N)C2)n1. The van der Waals surface area contributed by atoms with Gasteiger partial charge in [0.1, 0.15) is 5.82 Å². The number of nitrogens with zero attached hydrogens (tertiary/aromatic N) is 2. The van der Waals surface area contributed by atoms with Gasteiger partial charge in [-0.3, -0.25) is 4.79 Å². The number of carbonyl (C=O) groups is 1. The average molecular weight is 361 g/mol. The number of aromatic nitrogens is 2. The number of nitrogen functional groups attached to an aromatic ring is 1. The summed E-state index contributed by atoms with van der Waals surface area (Å²) in [5, 5.41) is 6.40. The van der Waals surface area contributed by atoms with E-state index in [-0.39, 0.29) is 17.9 Å². The molecular formula is C17H21ClN6O. The van der Waals surface area contributed by atoms with Crippen molar-refractivity contribution in [1.29, 1.82) is 0 Å². The molecule has 25 heavy (non-hydrogen) atoms. The number of halogens is 1. The Morgan fingerprint density at radius 2 is 2.00 bits per heavy atom. The van der Waals surface area contributed by atoms with E-state index in [0.29, 0.717) is 35.4 Å². The van der Waals surface area contributed by atoms with E-state index in [1.54, 1.807) is 24.3 Å². The molecule has 0 saturated heterocycles. The van der Waals surface area contributed by atoms with Crippen molar-refractivity contribution in [2.75, 3.05) is 24.1 Å². The van der Waals surface area contributed by atoms with Crippen molar-refractivity contribution in [3.05, 3.63) is 46.6 Å². The first-order valence-electron chi connectivity index (χ1n) is 8.19. The van der Waals surface area contributed by atoms with E-state index in [1.807, 2.05) is 6.07 Å². The van der Waals surface area contributed by atoms with E-state index in [9.17, 15) is 4.79 Å². The van der Waals surface area contributed by atoms with Gasteiger partial charge < -0.3 is 22.1 Å². The first kappa shape index (κ1) is 17.4. The Kier molecular flexibility index (Phi) is 5.35. The van der Waals surface area contributed by atoms with Crippen LogP contribution in [0.1, 0.15) is 34.8 Å². The van der Waals surface area contributed by atoms with Crippen molar-refractivity contribution in [3.8, 4) is 0 Å². The molecular weight excluding hydrogens is 340 g/mol. The number of benzene rings is 1. The Balaban J connectivity index is 1.50. The third-order valence-corrected chi connectivity index (χ3v) is 4.52. The third kappa shape index (κ3) is 4.37. The molecule has 8 heteroatoms. The van der Waals surface area contributed by atoms with Crippen molar-refractivity contribution in [2.24, 2.45) is 5.73 Å². The standard InChI is InChI=1S/C17H21ClN6O/c18-13-4-2-1-3-12(13)16(25)22-6-5-21-15-9-14(23-17(20)24-15)10-7-11(19)8-10/h1-4,9-11H,5-8,19H2,(H,22,25)(H3,20,21,23,24). The second-order valence-corrected chi connectivity index (χ2v) is 6.53. The lowest BCUT2D eigenvalue weighted by Crippen LogP contribution is -2.35. The summed E-state index contributed by atoms with van der Waals surface area (Å²) in [5.41, 5.74) is 13.0. The average Bonchev–Trinajstić information content (AvgIpc) is 2.55. The van der Waals surface area contributed by atoms with Crippen LogP contribution in [0.4, 0.5) is 11.8 Å². The monoisotopic (exact) mass is 360 g/mol. The van der Waals surface area contributed by atoms with Crippen LogP contribution in [0, 0.1) is 0 Å². The Hall–Kier alpha value is -2.38. The van der Waals surface area contributed by atoms with Crippen molar-refractivity contribution >= 4 is 29.3 Å². The number of anilines is 2. The fraction of sp³-hybridized carbons (Fsp3) is 0.353. The van der Waals surface area contributed by atoms with Crippen molar-refractivity contribution in [2.45, 2.75) is 24.8 Å². The van der Waals surface area contributed by atoms with E-state index in [4.69, 9.17) is 23.1 Å². The molecule has 1 heterocycles. The molecule has 2 aromatic rings. The zero-order valence-electron chi connectivity index (χ0n) is 13.7. The predicted molar refractivity (Wildman–Crippen MR) is 98.7 cm³/mol. The summed E-state index contributed by atoms with van der Waals surface area (Å²) in [6.07, 6.45) is 1.84. The van der Waals surface area contributed by atoms with Crippen molar-refractivity contribution in [1.82, 2.24) is 15.3 Å². The molecule has 1 aliphatic rings. The molecule has 0 radical (unpaired) electrons. The van der Waals surface area contributed by atoms with Gasteiger partial charge in [-0.2, -0.15) is 4.98 Å². The smallest absolute Gasteiger partial charge is 0.252 e. The lowest BCUT2D eigenvalue weighted by atomic mass is 9.78. The summed E-state index contributed by atoms with van der Waals surface area (Å²) in [6, 6.07) is 9.07. The number of rotatable bonds is 6. The summed E-state index contributed by atoms with van der Waals surface area (Å²) in [5.74, 6) is 1.02. The van der Waals surface area contributed by atoms with Gasteiger partial charge in [0.25, 0.3) is 5.91 Å². The molecule has 0 atom stereocenters. The van der Waals surface area contributed by atoms with Crippen LogP contribution in [-0.2, 0) is 0 Å². The van der Waals surface area contributed by atoms with Gasteiger partial charge >= 0.3 is 0 Å². The molecule has 1 amide bonds. The van der Waals surface area contributed by atoms with Gasteiger partial charge in [0.2, 0.25) is 5.95 Å². The highest BCUT2D eigenvalue weighted by atomic mass is 35.5. The first-order chi connectivity index (χ1) is 12.0. The van der Waals surface area contributed by atoms with E-state index >= 15 is 0 Å². The lowest BCUT2D eigenvalue weighted by Gasteiger charge is -2.32. The van der Waals surface area contributed by atoms with Gasteiger partial charge in [-0.25, -0.2) is 4.98 Å². The summed E-state index contributed by atoms with van der Waals surface area (Å²) in [6.45, 7) is 0.938. The normalized spacial score (nSPS) is 19.1. The zero-order valence-corrected chi connectivity index (χ0v) is 14.5. The van der Waals surface area contributed by atoms with Gasteiger partial charge in [-0.1, -0.05) is 23.7 Å². The number of nitrogens with two attached hydrogens (primary N) is 2. The van der Waals surface area contributed by atoms with E-state index in [1.165, 1.54) is 0 Å². The maximum Gasteiger partial charge on any atom is 0.252 e. The van der Waals surface area contributed by atoms with Crippen LogP contribution in [0.2, 0.25) is 5.02 Å². The molecule has 0 aliphatic heterocycles. The fourth-order valence-corrected chi connectivity index (χ4v) is 3.02. The Labute approximate surface area is 151 Å². The second kappa shape index (κ2) is 7.67. The third-order valence-electron chi connectivity index (χ3n) is 4.19. The maximum absolute atomic E-state index is 12.1. The molecule has 132 valence electrons. The quantitative estimate of drug-likeness (QED) is 0.583. The molecule has 7 nitrogen and oxygen atoms in total. The highest BCUT2D eigenvalue weighted by molar-refractivity contribution is 6.33. The molecule has 1 fully saturated rings. The largest absolute Gasteiger partial charge is 0.368 e. The van der Waals surface area contributed by atoms with Crippen molar-refractivity contribution in [3.63, 3.8) is 0 Å². The molecule has 1 aromatic heterocycles. The van der Waals surface area contributed by atoms with E-state index in [0.717, 1.165) is 18.5 Å². The van der Waals surface area contributed by atoms with Crippen LogP contribution in [0.15, 0.2) is 30.3 Å². The van der Waals surface area contributed by atoms with Crippen molar-refractivity contribution < 1.29 is 4.79 Å². The Morgan fingerprint density at radius 3 is 2.72 bits per heavy atom. The summed E-state index contributed by atoms with van der Waals surface area (Å²) >= 11 is 6.01. The van der Waals surface area contributed by atoms with Crippen LogP contribution >= 0.6 is 11.6 Å². The van der Waals surface area contributed by atoms with E-state index < -0.39 is 0 Å². The van der Waals surface area contributed by atoms with E-state index in [2.05, 4.69) is 20.6 Å². The predicted octanol–water partition coefficient (Wildman–Crippen LogP) is 1.76. The van der Waals surface area contributed by atoms with Gasteiger partial charge in [0, 0.05) is 31.1 Å². The maximum atomic E-state index is 12.1. The van der Waals surface area contributed by atoms with Crippen LogP contribution in [0.25, 0.3) is 0 Å². The summed E-state index contributed by atoms with van der Waals surface area (Å²) in [7, 11) is 0. The minimum Gasteiger partial charge on any atom is -0.368 e. The van der Waals surface area contributed by atoms with Gasteiger partial charge in [-0.05, 0) is 25.0 Å². The molecule has 0 spiro atoms. The Morgan fingerprint density at radius 1 is 1.24 bits per heavy atom. The molecule has 1 saturated carbocycles. The molecule has 0 bridgehead atoms. The van der Waals surface area contributed by atoms with Crippen LogP contribution in [-0.4, -0.2) is 35.0 Å². The zero-order chi connectivity index (χ0) is 17.8. The topological polar surface area (TPSA) is 119 Å². The Bertz CT molecular complexity index is 763. The number of hydrogen-bond donors (Lipinski definition) is 4. The van der Waals surface area contributed by atoms with Gasteiger partial charge in [-0.15, -0.1) is 0 Å². The highest BCUT2D eigenvalue weighted by Gasteiger charge is 2.29.